The zero-order valence-electron chi connectivity index (χ0n) is 28.1. The van der Waals surface area contributed by atoms with Gasteiger partial charge < -0.3 is 14.2 Å². The van der Waals surface area contributed by atoms with E-state index in [1.165, 1.54) is 0 Å². The molecule has 6 rings (SSSR count). The molecule has 0 spiro atoms. The third-order valence-electron chi connectivity index (χ3n) is 7.52. The Morgan fingerprint density at radius 3 is 1.25 bits per heavy atom. The van der Waals surface area contributed by atoms with E-state index in [9.17, 15) is 0 Å². The van der Waals surface area contributed by atoms with Gasteiger partial charge in [0.2, 0.25) is 0 Å². The fourth-order valence-corrected chi connectivity index (χ4v) is 4.84. The summed E-state index contributed by atoms with van der Waals surface area (Å²) < 4.78 is 18.5. The van der Waals surface area contributed by atoms with Crippen molar-refractivity contribution in [2.75, 3.05) is 19.8 Å². The van der Waals surface area contributed by atoms with Gasteiger partial charge in [-0.3, -0.25) is 5.10 Å². The number of ether oxygens (including phenoxy) is 3. The molecule has 1 N–H and O–H groups in total. The molecule has 6 aromatic rings. The Labute approximate surface area is 282 Å². The van der Waals surface area contributed by atoms with Gasteiger partial charge in [-0.25, -0.2) is 15.0 Å². The lowest BCUT2D eigenvalue weighted by atomic mass is 10.1. The van der Waals surface area contributed by atoms with Crippen LogP contribution in [0, 0.1) is 0 Å². The average Bonchev–Trinajstić information content (AvgIpc) is 3.62. The van der Waals surface area contributed by atoms with E-state index in [1.807, 2.05) is 97.1 Å². The number of H-pyrrole nitrogens is 1. The van der Waals surface area contributed by atoms with E-state index < -0.39 is 0 Å². The van der Waals surface area contributed by atoms with Crippen LogP contribution in [0.3, 0.4) is 0 Å². The summed E-state index contributed by atoms with van der Waals surface area (Å²) in [7, 11) is 0. The van der Waals surface area contributed by atoms with Gasteiger partial charge in [0.25, 0.3) is 0 Å². The Bertz CT molecular complexity index is 1650. The molecule has 248 valence electrons. The van der Waals surface area contributed by atoms with Crippen LogP contribution in [0.1, 0.15) is 59.3 Å². The van der Waals surface area contributed by atoms with E-state index in [2.05, 4.69) is 36.2 Å². The Kier molecular flexibility index (Phi) is 12.9. The number of nitrogens with zero attached hydrogens (tertiary/aromatic N) is 5. The number of hydrogen-bond acceptors (Lipinski definition) is 8. The number of aromatic nitrogens is 6. The first-order chi connectivity index (χ1) is 23.7. The topological polar surface area (TPSA) is 108 Å². The molecule has 0 radical (unpaired) electrons. The van der Waals surface area contributed by atoms with Crippen molar-refractivity contribution in [1.29, 1.82) is 0 Å². The number of benzene rings is 4. The predicted octanol–water partition coefficient (Wildman–Crippen LogP) is 9.37. The van der Waals surface area contributed by atoms with Gasteiger partial charge in [0, 0.05) is 0 Å². The Morgan fingerprint density at radius 2 is 0.854 bits per heavy atom. The maximum Gasteiger partial charge on any atom is 0.167 e. The summed E-state index contributed by atoms with van der Waals surface area (Å²) in [4.78, 5) is 14.9. The highest BCUT2D eigenvalue weighted by atomic mass is 16.5. The first kappa shape index (κ1) is 34.0. The van der Waals surface area contributed by atoms with E-state index in [4.69, 9.17) is 29.2 Å². The predicted molar refractivity (Wildman–Crippen MR) is 191 cm³/mol. The Hall–Kier alpha value is -5.31. The number of rotatable bonds is 15. The van der Waals surface area contributed by atoms with E-state index in [1.54, 1.807) is 0 Å². The number of nitrogens with one attached hydrogen (secondary N) is 1. The highest BCUT2D eigenvalue weighted by Crippen LogP contribution is 2.35. The second kappa shape index (κ2) is 18.1. The molecule has 0 bridgehead atoms. The maximum absolute atomic E-state index is 6.15. The Balaban J connectivity index is 0.000000427. The number of fused-ring (bicyclic) bond motifs is 1. The summed E-state index contributed by atoms with van der Waals surface area (Å²) in [6, 6.07) is 31.5. The van der Waals surface area contributed by atoms with Gasteiger partial charge in [-0.1, -0.05) is 93.8 Å². The molecule has 0 saturated carbocycles. The first-order valence-electron chi connectivity index (χ1n) is 16.9. The van der Waals surface area contributed by atoms with Crippen LogP contribution in [0.5, 0.6) is 17.2 Å². The van der Waals surface area contributed by atoms with Gasteiger partial charge in [-0.15, -0.1) is 5.10 Å². The van der Waals surface area contributed by atoms with Crippen molar-refractivity contribution in [3.63, 3.8) is 0 Å². The first-order valence-corrected chi connectivity index (χ1v) is 16.9. The zero-order chi connectivity index (χ0) is 33.4. The highest BCUT2D eigenvalue weighted by molar-refractivity contribution is 5.74. The minimum atomic E-state index is 0.550. The number of hydrogen-bond donors (Lipinski definition) is 1. The lowest BCUT2D eigenvalue weighted by Gasteiger charge is -2.15. The molecule has 9 heteroatoms. The number of aromatic amines is 1. The van der Waals surface area contributed by atoms with Crippen LogP contribution in [-0.4, -0.2) is 50.2 Å². The molecule has 4 aromatic carbocycles. The summed E-state index contributed by atoms with van der Waals surface area (Å²) in [5, 5.41) is 10.2. The van der Waals surface area contributed by atoms with Crippen molar-refractivity contribution in [3.05, 3.63) is 97.1 Å². The van der Waals surface area contributed by atoms with Gasteiger partial charge in [0.05, 0.1) is 42.0 Å². The summed E-state index contributed by atoms with van der Waals surface area (Å²) >= 11 is 0. The summed E-state index contributed by atoms with van der Waals surface area (Å²) in [5.41, 5.74) is 4.38. The fraction of sp³-hybridized carbons (Fsp3) is 0.308. The quantitative estimate of drug-likeness (QED) is 0.110. The number of para-hydroxylation sites is 4. The van der Waals surface area contributed by atoms with Crippen molar-refractivity contribution in [3.8, 4) is 51.4 Å². The van der Waals surface area contributed by atoms with E-state index in [-0.39, 0.29) is 0 Å². The SMILES string of the molecule is CCCCOc1ccccc1-c1nc(-c2ccccc2OCCCC)nc(-c2ccccc2OCCCC)n1.c1ccc2[nH]nnc2c1. The third kappa shape index (κ3) is 9.15. The zero-order valence-corrected chi connectivity index (χ0v) is 28.1. The van der Waals surface area contributed by atoms with Crippen LogP contribution < -0.4 is 14.2 Å². The van der Waals surface area contributed by atoms with E-state index in [0.717, 1.165) is 83.5 Å². The van der Waals surface area contributed by atoms with Crippen molar-refractivity contribution in [1.82, 2.24) is 30.4 Å². The molecule has 0 aliphatic rings. The van der Waals surface area contributed by atoms with Gasteiger partial charge >= 0.3 is 0 Å². The third-order valence-corrected chi connectivity index (χ3v) is 7.52. The minimum Gasteiger partial charge on any atom is -0.493 e. The largest absolute Gasteiger partial charge is 0.493 e. The molecule has 2 aromatic heterocycles. The molecule has 0 amide bonds. The Morgan fingerprint density at radius 1 is 0.479 bits per heavy atom. The molecule has 48 heavy (non-hydrogen) atoms. The molecule has 0 fully saturated rings. The van der Waals surface area contributed by atoms with Crippen LogP contribution >= 0.6 is 0 Å². The molecule has 0 saturated heterocycles. The normalized spacial score (nSPS) is 10.7. The van der Waals surface area contributed by atoms with Crippen molar-refractivity contribution in [2.45, 2.75) is 59.3 Å². The van der Waals surface area contributed by atoms with Crippen LogP contribution in [-0.2, 0) is 0 Å². The molecule has 0 atom stereocenters. The summed E-state index contributed by atoms with van der Waals surface area (Å²) in [6.45, 7) is 8.38. The van der Waals surface area contributed by atoms with Crippen molar-refractivity contribution < 1.29 is 14.2 Å². The van der Waals surface area contributed by atoms with Gasteiger partial charge in [0.15, 0.2) is 17.5 Å². The lowest BCUT2D eigenvalue weighted by Crippen LogP contribution is -2.05. The second-order valence-electron chi connectivity index (χ2n) is 11.2. The smallest absolute Gasteiger partial charge is 0.167 e. The minimum absolute atomic E-state index is 0.550. The van der Waals surface area contributed by atoms with Gasteiger partial charge in [-0.2, -0.15) is 0 Å². The molecular formula is C39H44N6O3. The second-order valence-corrected chi connectivity index (χ2v) is 11.2. The average molecular weight is 645 g/mol. The standard InChI is InChI=1S/C33H39N3O3.C6H5N3/c1-4-7-22-37-28-19-13-10-16-25(28)31-34-32(26-17-11-14-20-29(26)38-23-8-5-2)36-33(35-31)27-18-12-15-21-30(27)39-24-9-6-3;1-2-4-6-5(3-1)7-9-8-6/h10-21H,4-9,22-24H2,1-3H3;1-4H,(H,7,8,9). The molecule has 2 heterocycles. The maximum atomic E-state index is 6.15. The highest BCUT2D eigenvalue weighted by Gasteiger charge is 2.19. The number of unbranched alkanes of at least 4 members (excludes halogenated alkanes) is 3. The molecule has 0 aliphatic heterocycles. The van der Waals surface area contributed by atoms with Crippen molar-refractivity contribution >= 4 is 11.0 Å². The molecule has 0 unspecified atom stereocenters. The summed E-state index contributed by atoms with van der Waals surface area (Å²) in [6.07, 6.45) is 6.12. The van der Waals surface area contributed by atoms with Crippen LogP contribution in [0.4, 0.5) is 0 Å². The van der Waals surface area contributed by atoms with Gasteiger partial charge in [-0.05, 0) is 67.8 Å². The van der Waals surface area contributed by atoms with E-state index in [0.29, 0.717) is 37.3 Å². The fourth-order valence-electron chi connectivity index (χ4n) is 4.84. The molecule has 0 aliphatic carbocycles. The monoisotopic (exact) mass is 644 g/mol. The van der Waals surface area contributed by atoms with Crippen LogP contribution in [0.2, 0.25) is 0 Å². The van der Waals surface area contributed by atoms with Crippen molar-refractivity contribution in [2.24, 2.45) is 0 Å². The van der Waals surface area contributed by atoms with E-state index >= 15 is 0 Å². The van der Waals surface area contributed by atoms with Crippen LogP contribution in [0.25, 0.3) is 45.2 Å². The lowest BCUT2D eigenvalue weighted by molar-refractivity contribution is 0.310. The van der Waals surface area contributed by atoms with Gasteiger partial charge in [0.1, 0.15) is 22.8 Å². The summed E-state index contributed by atoms with van der Waals surface area (Å²) in [5.74, 6) is 3.92. The van der Waals surface area contributed by atoms with Crippen LogP contribution in [0.15, 0.2) is 97.1 Å². The molecule has 9 nitrogen and oxygen atoms in total. The molecular weight excluding hydrogens is 600 g/mol.